The van der Waals surface area contributed by atoms with Crippen molar-refractivity contribution in [2.24, 2.45) is 11.8 Å². The molecular formula is C13H22O. The van der Waals surface area contributed by atoms with Gasteiger partial charge < -0.3 is 4.74 Å². The molecule has 0 fully saturated rings. The second-order valence-electron chi connectivity index (χ2n) is 3.67. The summed E-state index contributed by atoms with van der Waals surface area (Å²) in [6.45, 7) is 9.58. The molecule has 0 saturated carbocycles. The maximum absolute atomic E-state index is 5.57. The number of unbranched alkanes of at least 4 members (excludes halogenated alkanes) is 1. The van der Waals surface area contributed by atoms with Crippen molar-refractivity contribution in [2.45, 2.75) is 33.1 Å². The van der Waals surface area contributed by atoms with Crippen molar-refractivity contribution < 1.29 is 4.74 Å². The lowest BCUT2D eigenvalue weighted by molar-refractivity contribution is 0.0875. The zero-order chi connectivity index (χ0) is 10.8. The van der Waals surface area contributed by atoms with Gasteiger partial charge in [0.2, 0.25) is 0 Å². The van der Waals surface area contributed by atoms with E-state index in [2.05, 4.69) is 26.3 Å². The van der Waals surface area contributed by atoms with E-state index in [4.69, 9.17) is 11.2 Å². The van der Waals surface area contributed by atoms with Crippen LogP contribution in [0.25, 0.3) is 0 Å². The number of ether oxygens (including phenoxy) is 1. The lowest BCUT2D eigenvalue weighted by atomic mass is 9.92. The summed E-state index contributed by atoms with van der Waals surface area (Å²) in [5, 5.41) is 0. The highest BCUT2D eigenvalue weighted by Crippen LogP contribution is 2.16. The van der Waals surface area contributed by atoms with Crippen molar-refractivity contribution in [3.8, 4) is 12.3 Å². The predicted octanol–water partition coefficient (Wildman–Crippen LogP) is 3.26. The van der Waals surface area contributed by atoms with Gasteiger partial charge in [0.1, 0.15) is 0 Å². The maximum atomic E-state index is 5.57. The standard InChI is InChI=1S/C13H22O/c1-5-8-10-14-11-13(9-6-2)12(4)7-3/h3,6,12-13H,2,5,8-11H2,1,4H3. The van der Waals surface area contributed by atoms with Crippen LogP contribution >= 0.6 is 0 Å². The predicted molar refractivity (Wildman–Crippen MR) is 62.0 cm³/mol. The second kappa shape index (κ2) is 8.84. The lowest BCUT2D eigenvalue weighted by Gasteiger charge is -2.18. The Morgan fingerprint density at radius 3 is 2.79 bits per heavy atom. The molecule has 0 aliphatic heterocycles. The summed E-state index contributed by atoms with van der Waals surface area (Å²) in [6.07, 6.45) is 10.6. The Morgan fingerprint density at radius 1 is 1.57 bits per heavy atom. The Hall–Kier alpha value is -0.740. The molecule has 0 N–H and O–H groups in total. The van der Waals surface area contributed by atoms with Gasteiger partial charge in [0.15, 0.2) is 0 Å². The molecule has 0 aliphatic rings. The van der Waals surface area contributed by atoms with Crippen molar-refractivity contribution in [3.05, 3.63) is 12.7 Å². The van der Waals surface area contributed by atoms with Crippen molar-refractivity contribution in [1.82, 2.24) is 0 Å². The minimum atomic E-state index is 0.273. The summed E-state index contributed by atoms with van der Waals surface area (Å²) in [6, 6.07) is 0. The van der Waals surface area contributed by atoms with Crippen molar-refractivity contribution in [2.75, 3.05) is 13.2 Å². The Labute approximate surface area is 88.5 Å². The van der Waals surface area contributed by atoms with Crippen LogP contribution in [-0.4, -0.2) is 13.2 Å². The van der Waals surface area contributed by atoms with Gasteiger partial charge in [-0.05, 0) is 18.8 Å². The van der Waals surface area contributed by atoms with E-state index in [1.54, 1.807) is 0 Å². The van der Waals surface area contributed by atoms with Gasteiger partial charge in [-0.3, -0.25) is 0 Å². The molecule has 0 aromatic heterocycles. The third-order valence-corrected chi connectivity index (χ3v) is 2.41. The monoisotopic (exact) mass is 194 g/mol. The highest BCUT2D eigenvalue weighted by molar-refractivity contribution is 4.95. The molecule has 0 saturated heterocycles. The van der Waals surface area contributed by atoms with E-state index in [0.717, 1.165) is 26.1 Å². The Bertz CT molecular complexity index is 178. The molecule has 0 aromatic rings. The van der Waals surface area contributed by atoms with Crippen LogP contribution in [0, 0.1) is 24.2 Å². The Kier molecular flexibility index (Phi) is 8.37. The van der Waals surface area contributed by atoms with Gasteiger partial charge in [-0.25, -0.2) is 0 Å². The van der Waals surface area contributed by atoms with Gasteiger partial charge in [0, 0.05) is 12.5 Å². The molecule has 0 rings (SSSR count). The second-order valence-corrected chi connectivity index (χ2v) is 3.67. The zero-order valence-corrected chi connectivity index (χ0v) is 9.46. The number of rotatable bonds is 8. The van der Waals surface area contributed by atoms with E-state index in [9.17, 15) is 0 Å². The quantitative estimate of drug-likeness (QED) is 0.327. The smallest absolute Gasteiger partial charge is 0.0508 e. The van der Waals surface area contributed by atoms with Crippen LogP contribution in [-0.2, 0) is 4.74 Å². The van der Waals surface area contributed by atoms with Gasteiger partial charge in [-0.15, -0.1) is 18.9 Å². The first-order valence-electron chi connectivity index (χ1n) is 5.41. The van der Waals surface area contributed by atoms with Gasteiger partial charge in [0.25, 0.3) is 0 Å². The topological polar surface area (TPSA) is 9.23 Å². The summed E-state index contributed by atoms with van der Waals surface area (Å²) < 4.78 is 5.57. The Morgan fingerprint density at radius 2 is 2.29 bits per heavy atom. The summed E-state index contributed by atoms with van der Waals surface area (Å²) in [5.41, 5.74) is 0. The molecule has 0 spiro atoms. The van der Waals surface area contributed by atoms with Crippen LogP contribution in [0.15, 0.2) is 12.7 Å². The molecule has 1 nitrogen and oxygen atoms in total. The fraction of sp³-hybridized carbons (Fsp3) is 0.692. The average molecular weight is 194 g/mol. The SMILES string of the molecule is C#CC(C)C(CC=C)COCCCC. The normalized spacial score (nSPS) is 14.4. The first kappa shape index (κ1) is 13.3. The molecule has 1 heteroatoms. The minimum Gasteiger partial charge on any atom is -0.381 e. The third kappa shape index (κ3) is 5.83. The third-order valence-electron chi connectivity index (χ3n) is 2.41. The van der Waals surface area contributed by atoms with E-state index in [0.29, 0.717) is 5.92 Å². The van der Waals surface area contributed by atoms with Crippen molar-refractivity contribution in [3.63, 3.8) is 0 Å². The summed E-state index contributed by atoms with van der Waals surface area (Å²) in [5.74, 6) is 3.46. The summed E-state index contributed by atoms with van der Waals surface area (Å²) in [7, 11) is 0. The average Bonchev–Trinajstić information content (AvgIpc) is 2.21. The number of hydrogen-bond donors (Lipinski definition) is 0. The number of allylic oxidation sites excluding steroid dienone is 1. The minimum absolute atomic E-state index is 0.273. The van der Waals surface area contributed by atoms with E-state index < -0.39 is 0 Å². The number of terminal acetylenes is 1. The Balaban J connectivity index is 3.74. The van der Waals surface area contributed by atoms with Crippen LogP contribution in [0.5, 0.6) is 0 Å². The molecule has 0 amide bonds. The molecule has 80 valence electrons. The van der Waals surface area contributed by atoms with E-state index in [1.165, 1.54) is 6.42 Å². The van der Waals surface area contributed by atoms with Gasteiger partial charge in [-0.2, -0.15) is 0 Å². The molecule has 0 radical (unpaired) electrons. The van der Waals surface area contributed by atoms with Crippen molar-refractivity contribution in [1.29, 1.82) is 0 Å². The molecular weight excluding hydrogens is 172 g/mol. The first-order valence-corrected chi connectivity index (χ1v) is 5.41. The molecule has 2 unspecified atom stereocenters. The maximum Gasteiger partial charge on any atom is 0.0508 e. The lowest BCUT2D eigenvalue weighted by Crippen LogP contribution is -2.16. The molecule has 14 heavy (non-hydrogen) atoms. The van der Waals surface area contributed by atoms with E-state index >= 15 is 0 Å². The van der Waals surface area contributed by atoms with Crippen molar-refractivity contribution >= 4 is 0 Å². The van der Waals surface area contributed by atoms with Gasteiger partial charge >= 0.3 is 0 Å². The van der Waals surface area contributed by atoms with E-state index in [-0.39, 0.29) is 5.92 Å². The van der Waals surface area contributed by atoms with Crippen LogP contribution in [0.4, 0.5) is 0 Å². The van der Waals surface area contributed by atoms with Crippen LogP contribution in [0.3, 0.4) is 0 Å². The first-order chi connectivity index (χ1) is 6.76. The highest BCUT2D eigenvalue weighted by atomic mass is 16.5. The van der Waals surface area contributed by atoms with Gasteiger partial charge in [0.05, 0.1) is 6.61 Å². The van der Waals surface area contributed by atoms with E-state index in [1.807, 2.05) is 6.08 Å². The fourth-order valence-corrected chi connectivity index (χ4v) is 1.25. The van der Waals surface area contributed by atoms with Crippen LogP contribution in [0.2, 0.25) is 0 Å². The molecule has 0 aromatic carbocycles. The number of hydrogen-bond acceptors (Lipinski definition) is 1. The van der Waals surface area contributed by atoms with Gasteiger partial charge in [-0.1, -0.05) is 26.3 Å². The molecule has 2 atom stereocenters. The molecule has 0 bridgehead atoms. The van der Waals surface area contributed by atoms with Crippen LogP contribution < -0.4 is 0 Å². The largest absolute Gasteiger partial charge is 0.381 e. The fourth-order valence-electron chi connectivity index (χ4n) is 1.25. The molecule has 0 heterocycles. The summed E-state index contributed by atoms with van der Waals surface area (Å²) in [4.78, 5) is 0. The molecule has 0 aliphatic carbocycles. The van der Waals surface area contributed by atoms with Crippen LogP contribution in [0.1, 0.15) is 33.1 Å². The zero-order valence-electron chi connectivity index (χ0n) is 9.46. The summed E-state index contributed by atoms with van der Waals surface area (Å²) >= 11 is 0. The highest BCUT2D eigenvalue weighted by Gasteiger charge is 2.13.